The summed E-state index contributed by atoms with van der Waals surface area (Å²) < 4.78 is 4.85. The Hall–Kier alpha value is -3.67. The van der Waals surface area contributed by atoms with Crippen LogP contribution in [0, 0.1) is 0 Å². The van der Waals surface area contributed by atoms with Gasteiger partial charge in [-0.15, -0.1) is 0 Å². The topological polar surface area (TPSA) is 84.5 Å². The number of esters is 1. The molecule has 0 saturated carbocycles. The second-order valence-corrected chi connectivity index (χ2v) is 5.41. The standard InChI is InChI=1S/C21H20N2O4/c1-2-3-5-14-20(25)27-15-19(24)23-18-13-9-8-12-17(18)21(26)22-16-10-6-4-7-11-16/h2-14H,15H2,1H3,(H,22,26)(H,23,24). The fourth-order valence-corrected chi connectivity index (χ4v) is 2.13. The molecule has 6 nitrogen and oxygen atoms in total. The molecule has 0 aromatic heterocycles. The van der Waals surface area contributed by atoms with Gasteiger partial charge in [0.25, 0.3) is 11.8 Å². The number of nitrogens with one attached hydrogen (secondary N) is 2. The van der Waals surface area contributed by atoms with Gasteiger partial charge in [-0.2, -0.15) is 0 Å². The zero-order valence-corrected chi connectivity index (χ0v) is 14.8. The Morgan fingerprint density at radius 1 is 0.926 bits per heavy atom. The maximum absolute atomic E-state index is 12.5. The summed E-state index contributed by atoms with van der Waals surface area (Å²) in [7, 11) is 0. The van der Waals surface area contributed by atoms with Crippen molar-refractivity contribution in [3.8, 4) is 0 Å². The number of hydrogen-bond donors (Lipinski definition) is 2. The summed E-state index contributed by atoms with van der Waals surface area (Å²) in [4.78, 5) is 36.0. The van der Waals surface area contributed by atoms with Gasteiger partial charge in [-0.05, 0) is 31.2 Å². The Morgan fingerprint density at radius 2 is 1.63 bits per heavy atom. The molecule has 0 radical (unpaired) electrons. The maximum atomic E-state index is 12.5. The summed E-state index contributed by atoms with van der Waals surface area (Å²) in [5.74, 6) is -1.52. The maximum Gasteiger partial charge on any atom is 0.331 e. The van der Waals surface area contributed by atoms with Gasteiger partial charge in [0.05, 0.1) is 11.3 Å². The predicted octanol–water partition coefficient (Wildman–Crippen LogP) is 3.55. The van der Waals surface area contributed by atoms with Crippen molar-refractivity contribution in [3.63, 3.8) is 0 Å². The Kier molecular flexibility index (Phi) is 7.53. The molecule has 0 fully saturated rings. The summed E-state index contributed by atoms with van der Waals surface area (Å²) in [6.45, 7) is 1.36. The fraction of sp³-hybridized carbons (Fsp3) is 0.0952. The monoisotopic (exact) mass is 364 g/mol. The molecule has 0 heterocycles. The molecule has 2 N–H and O–H groups in total. The average Bonchev–Trinajstić information content (AvgIpc) is 2.68. The highest BCUT2D eigenvalue weighted by atomic mass is 16.5. The second kappa shape index (κ2) is 10.4. The first-order valence-corrected chi connectivity index (χ1v) is 8.31. The van der Waals surface area contributed by atoms with Crippen LogP contribution in [0.4, 0.5) is 11.4 Å². The first-order chi connectivity index (χ1) is 13.1. The van der Waals surface area contributed by atoms with E-state index in [0.29, 0.717) is 16.9 Å². The smallest absolute Gasteiger partial charge is 0.331 e. The lowest BCUT2D eigenvalue weighted by atomic mass is 10.1. The Bertz CT molecular complexity index is 857. The van der Waals surface area contributed by atoms with E-state index in [0.717, 1.165) is 0 Å². The summed E-state index contributed by atoms with van der Waals surface area (Å²) in [6.07, 6.45) is 6.16. The molecule has 138 valence electrons. The minimum Gasteiger partial charge on any atom is -0.452 e. The first kappa shape index (κ1) is 19.7. The van der Waals surface area contributed by atoms with Crippen LogP contribution in [0.3, 0.4) is 0 Å². The van der Waals surface area contributed by atoms with Gasteiger partial charge in [0.2, 0.25) is 0 Å². The summed E-state index contributed by atoms with van der Waals surface area (Å²) in [6, 6.07) is 15.6. The van der Waals surface area contributed by atoms with Gasteiger partial charge in [0.15, 0.2) is 6.61 Å². The van der Waals surface area contributed by atoms with Crippen molar-refractivity contribution in [2.24, 2.45) is 0 Å². The molecule has 0 aliphatic rings. The molecule has 2 rings (SSSR count). The lowest BCUT2D eigenvalue weighted by molar-refractivity contribution is -0.142. The molecular formula is C21H20N2O4. The number of amides is 2. The third-order valence-electron chi connectivity index (χ3n) is 3.36. The number of rotatable bonds is 7. The zero-order chi connectivity index (χ0) is 19.5. The van der Waals surface area contributed by atoms with Crippen LogP contribution in [0.25, 0.3) is 0 Å². The van der Waals surface area contributed by atoms with Crippen LogP contribution < -0.4 is 10.6 Å². The fourth-order valence-electron chi connectivity index (χ4n) is 2.13. The largest absolute Gasteiger partial charge is 0.452 e. The van der Waals surface area contributed by atoms with Gasteiger partial charge in [0.1, 0.15) is 0 Å². The Balaban J connectivity index is 1.97. The number of allylic oxidation sites excluding steroid dienone is 3. The number of carbonyl (C=O) groups excluding carboxylic acids is 3. The molecule has 27 heavy (non-hydrogen) atoms. The predicted molar refractivity (Wildman–Crippen MR) is 104 cm³/mol. The van der Waals surface area contributed by atoms with Crippen molar-refractivity contribution < 1.29 is 19.1 Å². The van der Waals surface area contributed by atoms with Crippen molar-refractivity contribution in [1.82, 2.24) is 0 Å². The van der Waals surface area contributed by atoms with Gasteiger partial charge < -0.3 is 15.4 Å². The molecule has 0 spiro atoms. The number of benzene rings is 2. The molecule has 0 bridgehead atoms. The molecule has 6 heteroatoms. The molecule has 0 aliphatic carbocycles. The van der Waals surface area contributed by atoms with Gasteiger partial charge in [0, 0.05) is 11.8 Å². The number of hydrogen-bond acceptors (Lipinski definition) is 4. The van der Waals surface area contributed by atoms with E-state index in [2.05, 4.69) is 10.6 Å². The number of carbonyl (C=O) groups is 3. The van der Waals surface area contributed by atoms with Crippen LogP contribution in [-0.4, -0.2) is 24.4 Å². The van der Waals surface area contributed by atoms with Crippen LogP contribution in [0.2, 0.25) is 0 Å². The van der Waals surface area contributed by atoms with Crippen LogP contribution in [-0.2, 0) is 14.3 Å². The average molecular weight is 364 g/mol. The lowest BCUT2D eigenvalue weighted by Gasteiger charge is -2.11. The SMILES string of the molecule is CC=CC=CC(=O)OCC(=O)Nc1ccccc1C(=O)Nc1ccccc1. The van der Waals surface area contributed by atoms with Crippen molar-refractivity contribution in [3.05, 3.63) is 84.5 Å². The van der Waals surface area contributed by atoms with E-state index in [-0.39, 0.29) is 5.91 Å². The van der Waals surface area contributed by atoms with Gasteiger partial charge in [-0.1, -0.05) is 48.6 Å². The zero-order valence-electron chi connectivity index (χ0n) is 14.8. The Morgan fingerprint density at radius 3 is 2.37 bits per heavy atom. The van der Waals surface area contributed by atoms with Crippen LogP contribution in [0.1, 0.15) is 17.3 Å². The van der Waals surface area contributed by atoms with Crippen molar-refractivity contribution in [2.45, 2.75) is 6.92 Å². The second-order valence-electron chi connectivity index (χ2n) is 5.41. The van der Waals surface area contributed by atoms with E-state index in [1.54, 1.807) is 48.6 Å². The normalized spacial score (nSPS) is 10.7. The molecule has 0 atom stereocenters. The molecule has 0 saturated heterocycles. The highest BCUT2D eigenvalue weighted by molar-refractivity contribution is 6.10. The van der Waals surface area contributed by atoms with Gasteiger partial charge in [-0.25, -0.2) is 4.79 Å². The van der Waals surface area contributed by atoms with Crippen molar-refractivity contribution in [2.75, 3.05) is 17.2 Å². The van der Waals surface area contributed by atoms with Gasteiger partial charge in [-0.3, -0.25) is 9.59 Å². The number of para-hydroxylation sites is 2. The minimum atomic E-state index is -0.627. The van der Waals surface area contributed by atoms with Crippen molar-refractivity contribution >= 4 is 29.2 Å². The van der Waals surface area contributed by atoms with E-state index >= 15 is 0 Å². The van der Waals surface area contributed by atoms with Crippen LogP contribution in [0.15, 0.2) is 78.9 Å². The van der Waals surface area contributed by atoms with Crippen LogP contribution in [0.5, 0.6) is 0 Å². The highest BCUT2D eigenvalue weighted by Gasteiger charge is 2.14. The number of ether oxygens (including phenoxy) is 1. The molecule has 0 unspecified atom stereocenters. The third kappa shape index (κ3) is 6.62. The minimum absolute atomic E-state index is 0.300. The highest BCUT2D eigenvalue weighted by Crippen LogP contribution is 2.17. The third-order valence-corrected chi connectivity index (χ3v) is 3.36. The Labute approximate surface area is 157 Å². The molecule has 2 aromatic carbocycles. The van der Waals surface area contributed by atoms with Gasteiger partial charge >= 0.3 is 5.97 Å². The van der Waals surface area contributed by atoms with Crippen LogP contribution >= 0.6 is 0 Å². The molecule has 2 amide bonds. The summed E-state index contributed by atoms with van der Waals surface area (Å²) >= 11 is 0. The molecular weight excluding hydrogens is 344 g/mol. The molecule has 2 aromatic rings. The lowest BCUT2D eigenvalue weighted by Crippen LogP contribution is -2.22. The van der Waals surface area contributed by atoms with E-state index in [1.807, 2.05) is 25.1 Å². The van der Waals surface area contributed by atoms with E-state index < -0.39 is 18.5 Å². The van der Waals surface area contributed by atoms with Crippen molar-refractivity contribution in [1.29, 1.82) is 0 Å². The summed E-state index contributed by atoms with van der Waals surface area (Å²) in [5, 5.41) is 5.34. The summed E-state index contributed by atoms with van der Waals surface area (Å²) in [5.41, 5.74) is 1.27. The number of anilines is 2. The van der Waals surface area contributed by atoms with E-state index in [4.69, 9.17) is 4.74 Å². The molecule has 0 aliphatic heterocycles. The first-order valence-electron chi connectivity index (χ1n) is 8.31. The van der Waals surface area contributed by atoms with E-state index in [9.17, 15) is 14.4 Å². The quantitative estimate of drug-likeness (QED) is 0.447. The van der Waals surface area contributed by atoms with E-state index in [1.165, 1.54) is 12.2 Å².